The maximum atomic E-state index is 5.25. The van der Waals surface area contributed by atoms with E-state index in [0.29, 0.717) is 12.5 Å². The zero-order chi connectivity index (χ0) is 12.8. The lowest BCUT2D eigenvalue weighted by molar-refractivity contribution is 0.379. The number of hydrazine groups is 1. The normalized spacial score (nSPS) is 9.89. The molecule has 0 fully saturated rings. The molecule has 0 unspecified atom stereocenters. The van der Waals surface area contributed by atoms with Gasteiger partial charge < -0.3 is 10.1 Å². The van der Waals surface area contributed by atoms with Crippen LogP contribution in [0.3, 0.4) is 0 Å². The van der Waals surface area contributed by atoms with E-state index in [4.69, 9.17) is 10.6 Å². The lowest BCUT2D eigenvalue weighted by atomic mass is 10.3. The largest absolute Gasteiger partial charge is 0.467 e. The molecule has 8 heteroatoms. The fourth-order valence-corrected chi connectivity index (χ4v) is 1.28. The lowest BCUT2D eigenvalue weighted by Crippen LogP contribution is -2.14. The number of ether oxygens (including phenoxy) is 1. The molecule has 0 spiro atoms. The van der Waals surface area contributed by atoms with Crippen LogP contribution in [-0.4, -0.2) is 27.0 Å². The first-order chi connectivity index (χ1) is 8.81. The monoisotopic (exact) mass is 247 g/mol. The summed E-state index contributed by atoms with van der Waals surface area (Å²) < 4.78 is 4.94. The highest BCUT2D eigenvalue weighted by Crippen LogP contribution is 2.10. The summed E-state index contributed by atoms with van der Waals surface area (Å²) in [6.45, 7) is 0.547. The van der Waals surface area contributed by atoms with Crippen LogP contribution in [0.1, 0.15) is 5.56 Å². The Morgan fingerprint density at radius 3 is 2.78 bits per heavy atom. The fourth-order valence-electron chi connectivity index (χ4n) is 1.28. The zero-order valence-corrected chi connectivity index (χ0v) is 9.79. The van der Waals surface area contributed by atoms with Gasteiger partial charge in [-0.1, -0.05) is 6.07 Å². The number of rotatable bonds is 5. The van der Waals surface area contributed by atoms with Crippen molar-refractivity contribution in [3.8, 4) is 6.01 Å². The number of anilines is 2. The van der Waals surface area contributed by atoms with E-state index in [1.54, 1.807) is 12.4 Å². The predicted octanol–water partition coefficient (Wildman–Crippen LogP) is 0.173. The Balaban J connectivity index is 2.09. The van der Waals surface area contributed by atoms with Crippen molar-refractivity contribution >= 4 is 11.9 Å². The number of hydrogen-bond acceptors (Lipinski definition) is 8. The van der Waals surface area contributed by atoms with Crippen LogP contribution in [0.15, 0.2) is 24.5 Å². The van der Waals surface area contributed by atoms with Crippen LogP contribution in [0, 0.1) is 0 Å². The topological polar surface area (TPSA) is 111 Å². The summed E-state index contributed by atoms with van der Waals surface area (Å²) in [4.78, 5) is 16.0. The number of nitrogens with two attached hydrogens (primary N) is 1. The average Bonchev–Trinajstić information content (AvgIpc) is 2.45. The molecule has 0 aliphatic carbocycles. The SMILES string of the molecule is COc1nc(NN)nc(NCc2cccnc2)n1. The average molecular weight is 247 g/mol. The smallest absolute Gasteiger partial charge is 0.322 e. The van der Waals surface area contributed by atoms with Crippen molar-refractivity contribution in [2.45, 2.75) is 6.54 Å². The van der Waals surface area contributed by atoms with Crippen LogP contribution in [-0.2, 0) is 6.54 Å². The fraction of sp³-hybridized carbons (Fsp3) is 0.200. The molecule has 0 saturated carbocycles. The summed E-state index contributed by atoms with van der Waals surface area (Å²) >= 11 is 0. The molecule has 0 amide bonds. The number of methoxy groups -OCH3 is 1. The van der Waals surface area contributed by atoms with Gasteiger partial charge in [-0.3, -0.25) is 10.4 Å². The van der Waals surface area contributed by atoms with Crippen LogP contribution >= 0.6 is 0 Å². The van der Waals surface area contributed by atoms with Gasteiger partial charge in [-0.2, -0.15) is 15.0 Å². The van der Waals surface area contributed by atoms with Gasteiger partial charge in [0.05, 0.1) is 7.11 Å². The van der Waals surface area contributed by atoms with Crippen LogP contribution in [0.25, 0.3) is 0 Å². The van der Waals surface area contributed by atoms with Crippen molar-refractivity contribution in [3.05, 3.63) is 30.1 Å². The first-order valence-electron chi connectivity index (χ1n) is 5.21. The van der Waals surface area contributed by atoms with Crippen molar-refractivity contribution in [2.75, 3.05) is 17.9 Å². The second kappa shape index (κ2) is 5.73. The van der Waals surface area contributed by atoms with E-state index in [0.717, 1.165) is 5.56 Å². The highest BCUT2D eigenvalue weighted by molar-refractivity contribution is 5.35. The summed E-state index contributed by atoms with van der Waals surface area (Å²) in [5, 5.41) is 3.03. The molecule has 0 aliphatic heterocycles. The van der Waals surface area contributed by atoms with E-state index in [2.05, 4.69) is 30.7 Å². The van der Waals surface area contributed by atoms with Gasteiger partial charge in [0.2, 0.25) is 11.9 Å². The summed E-state index contributed by atoms with van der Waals surface area (Å²) in [5.41, 5.74) is 3.36. The maximum Gasteiger partial charge on any atom is 0.322 e. The third kappa shape index (κ3) is 3.01. The van der Waals surface area contributed by atoms with Gasteiger partial charge in [0.15, 0.2) is 0 Å². The first-order valence-corrected chi connectivity index (χ1v) is 5.21. The summed E-state index contributed by atoms with van der Waals surface area (Å²) in [7, 11) is 1.47. The Bertz CT molecular complexity index is 483. The third-order valence-corrected chi connectivity index (χ3v) is 2.10. The van der Waals surface area contributed by atoms with E-state index in [9.17, 15) is 0 Å². The summed E-state index contributed by atoms with van der Waals surface area (Å²) in [6.07, 6.45) is 3.47. The van der Waals surface area contributed by atoms with Gasteiger partial charge >= 0.3 is 6.01 Å². The second-order valence-corrected chi connectivity index (χ2v) is 3.33. The quantitative estimate of drug-likeness (QED) is 0.506. The Morgan fingerprint density at radius 2 is 2.11 bits per heavy atom. The molecular weight excluding hydrogens is 234 g/mol. The molecule has 18 heavy (non-hydrogen) atoms. The van der Waals surface area contributed by atoms with Gasteiger partial charge in [-0.05, 0) is 11.6 Å². The molecule has 2 heterocycles. The standard InChI is InChI=1S/C10H13N7O/c1-18-10-15-8(14-9(16-10)17-11)13-6-7-3-2-4-12-5-7/h2-5H,6,11H2,1H3,(H2,13,14,15,16,17). The number of aromatic nitrogens is 4. The van der Waals surface area contributed by atoms with E-state index in [1.165, 1.54) is 7.11 Å². The van der Waals surface area contributed by atoms with E-state index < -0.39 is 0 Å². The number of pyridine rings is 1. The van der Waals surface area contributed by atoms with E-state index in [-0.39, 0.29) is 12.0 Å². The van der Waals surface area contributed by atoms with E-state index >= 15 is 0 Å². The Kier molecular flexibility index (Phi) is 3.82. The molecule has 0 aromatic carbocycles. The maximum absolute atomic E-state index is 5.25. The predicted molar refractivity (Wildman–Crippen MR) is 65.8 cm³/mol. The molecule has 94 valence electrons. The van der Waals surface area contributed by atoms with Crippen LogP contribution < -0.4 is 21.3 Å². The Hall–Kier alpha value is -2.48. The van der Waals surface area contributed by atoms with Crippen LogP contribution in [0.2, 0.25) is 0 Å². The third-order valence-electron chi connectivity index (χ3n) is 2.10. The highest BCUT2D eigenvalue weighted by atomic mass is 16.5. The Labute approximate surface area is 104 Å². The number of nitrogens with zero attached hydrogens (tertiary/aromatic N) is 4. The molecule has 0 bridgehead atoms. The minimum Gasteiger partial charge on any atom is -0.467 e. The van der Waals surface area contributed by atoms with Crippen molar-refractivity contribution in [3.63, 3.8) is 0 Å². The Morgan fingerprint density at radius 1 is 1.28 bits per heavy atom. The first kappa shape index (κ1) is 12.0. The molecule has 0 radical (unpaired) electrons. The molecule has 2 aromatic heterocycles. The number of nitrogens with one attached hydrogen (secondary N) is 2. The number of nitrogen functional groups attached to an aromatic ring is 1. The molecule has 2 rings (SSSR count). The molecule has 0 aliphatic rings. The van der Waals surface area contributed by atoms with Crippen molar-refractivity contribution in [1.82, 2.24) is 19.9 Å². The minimum atomic E-state index is 0.187. The molecule has 8 nitrogen and oxygen atoms in total. The van der Waals surface area contributed by atoms with Crippen LogP contribution in [0.4, 0.5) is 11.9 Å². The van der Waals surface area contributed by atoms with Crippen molar-refractivity contribution < 1.29 is 4.74 Å². The van der Waals surface area contributed by atoms with Crippen molar-refractivity contribution in [2.24, 2.45) is 5.84 Å². The number of hydrogen-bond donors (Lipinski definition) is 3. The molecule has 4 N–H and O–H groups in total. The highest BCUT2D eigenvalue weighted by Gasteiger charge is 2.05. The van der Waals surface area contributed by atoms with Gasteiger partial charge in [0.25, 0.3) is 0 Å². The second-order valence-electron chi connectivity index (χ2n) is 3.33. The van der Waals surface area contributed by atoms with Gasteiger partial charge in [-0.15, -0.1) is 0 Å². The molecular formula is C10H13N7O. The zero-order valence-electron chi connectivity index (χ0n) is 9.79. The minimum absolute atomic E-state index is 0.187. The molecule has 0 saturated heterocycles. The van der Waals surface area contributed by atoms with Gasteiger partial charge in [0, 0.05) is 18.9 Å². The lowest BCUT2D eigenvalue weighted by Gasteiger charge is -2.07. The van der Waals surface area contributed by atoms with Gasteiger partial charge in [-0.25, -0.2) is 5.84 Å². The molecule has 0 atom stereocenters. The van der Waals surface area contributed by atoms with Crippen molar-refractivity contribution in [1.29, 1.82) is 0 Å². The summed E-state index contributed by atoms with van der Waals surface area (Å²) in [6, 6.07) is 3.99. The van der Waals surface area contributed by atoms with Gasteiger partial charge in [0.1, 0.15) is 0 Å². The van der Waals surface area contributed by atoms with E-state index in [1.807, 2.05) is 12.1 Å². The summed E-state index contributed by atoms with van der Waals surface area (Å²) in [5.74, 6) is 5.86. The van der Waals surface area contributed by atoms with Crippen LogP contribution in [0.5, 0.6) is 6.01 Å². The molecule has 2 aromatic rings.